The Morgan fingerprint density at radius 1 is 1.18 bits per heavy atom. The van der Waals surface area contributed by atoms with Crippen LogP contribution in [0.3, 0.4) is 0 Å². The number of halogens is 2. The van der Waals surface area contributed by atoms with Crippen LogP contribution in [0.1, 0.15) is 38.5 Å². The Bertz CT molecular complexity index is 359. The summed E-state index contributed by atoms with van der Waals surface area (Å²) < 4.78 is 13.9. The Morgan fingerprint density at radius 3 is 2.53 bits per heavy atom. The quantitative estimate of drug-likeness (QED) is 0.611. The van der Waals surface area contributed by atoms with Gasteiger partial charge in [0.05, 0.1) is 0 Å². The largest absolute Gasteiger partial charge is 0.384 e. The third-order valence-electron chi connectivity index (χ3n) is 3.49. The Balaban J connectivity index is 1.88. The Kier molecular flexibility index (Phi) is 5.07. The summed E-state index contributed by atoms with van der Waals surface area (Å²) in [4.78, 5) is 0. The lowest BCUT2D eigenvalue weighted by molar-refractivity contribution is 0.483. The van der Waals surface area contributed by atoms with E-state index >= 15 is 0 Å². The highest BCUT2D eigenvalue weighted by molar-refractivity contribution is 14.1. The van der Waals surface area contributed by atoms with Crippen LogP contribution in [-0.2, 0) is 0 Å². The molecule has 0 unspecified atom stereocenters. The maximum absolute atomic E-state index is 13.0. The molecule has 0 aromatic heterocycles. The van der Waals surface area contributed by atoms with Crippen LogP contribution in [-0.4, -0.2) is 6.54 Å². The Morgan fingerprint density at radius 2 is 1.88 bits per heavy atom. The lowest BCUT2D eigenvalue weighted by atomic mass is 10.0. The van der Waals surface area contributed by atoms with Gasteiger partial charge in [0, 0.05) is 15.8 Å². The van der Waals surface area contributed by atoms with Gasteiger partial charge in [-0.25, -0.2) is 4.39 Å². The van der Waals surface area contributed by atoms with Gasteiger partial charge in [-0.15, -0.1) is 0 Å². The van der Waals surface area contributed by atoms with Crippen LogP contribution in [0.4, 0.5) is 10.1 Å². The second kappa shape index (κ2) is 6.57. The molecule has 1 N–H and O–H groups in total. The summed E-state index contributed by atoms with van der Waals surface area (Å²) in [7, 11) is 0. The van der Waals surface area contributed by atoms with Crippen LogP contribution in [0.15, 0.2) is 18.2 Å². The van der Waals surface area contributed by atoms with E-state index in [4.69, 9.17) is 0 Å². The van der Waals surface area contributed by atoms with Crippen molar-refractivity contribution in [2.45, 2.75) is 38.5 Å². The van der Waals surface area contributed by atoms with E-state index in [1.54, 1.807) is 6.07 Å². The van der Waals surface area contributed by atoms with E-state index in [9.17, 15) is 4.39 Å². The number of hydrogen-bond donors (Lipinski definition) is 1. The van der Waals surface area contributed by atoms with Gasteiger partial charge in [0.15, 0.2) is 0 Å². The second-order valence-corrected chi connectivity index (χ2v) is 6.02. The van der Waals surface area contributed by atoms with Gasteiger partial charge in [-0.3, -0.25) is 0 Å². The first-order valence-corrected chi connectivity index (χ1v) is 7.52. The van der Waals surface area contributed by atoms with E-state index in [0.29, 0.717) is 0 Å². The maximum Gasteiger partial charge on any atom is 0.124 e. The van der Waals surface area contributed by atoms with Crippen molar-refractivity contribution in [3.8, 4) is 0 Å². The standard InChI is InChI=1S/C14H19FIN/c15-12-7-8-14(13(16)9-12)17-10-11-5-3-1-2-4-6-11/h7-9,11,17H,1-6,10H2. The van der Waals surface area contributed by atoms with Crippen molar-refractivity contribution in [1.29, 1.82) is 0 Å². The third kappa shape index (κ3) is 4.12. The van der Waals surface area contributed by atoms with Gasteiger partial charge in [-0.2, -0.15) is 0 Å². The molecule has 0 atom stereocenters. The molecule has 1 fully saturated rings. The smallest absolute Gasteiger partial charge is 0.124 e. The zero-order chi connectivity index (χ0) is 12.1. The predicted octanol–water partition coefficient (Wildman–Crippen LogP) is 4.81. The van der Waals surface area contributed by atoms with E-state index in [-0.39, 0.29) is 5.82 Å². The van der Waals surface area contributed by atoms with Crippen LogP contribution in [0.25, 0.3) is 0 Å². The van der Waals surface area contributed by atoms with Crippen LogP contribution < -0.4 is 5.32 Å². The molecule has 1 aliphatic carbocycles. The van der Waals surface area contributed by atoms with Crippen LogP contribution >= 0.6 is 22.6 Å². The van der Waals surface area contributed by atoms with E-state index in [1.165, 1.54) is 44.6 Å². The van der Waals surface area contributed by atoms with E-state index in [0.717, 1.165) is 21.7 Å². The highest BCUT2D eigenvalue weighted by Gasteiger charge is 2.12. The minimum atomic E-state index is -0.158. The van der Waals surface area contributed by atoms with Gasteiger partial charge in [0.2, 0.25) is 0 Å². The molecule has 1 nitrogen and oxygen atoms in total. The van der Waals surface area contributed by atoms with Crippen molar-refractivity contribution in [1.82, 2.24) is 0 Å². The summed E-state index contributed by atoms with van der Waals surface area (Å²) in [6.07, 6.45) is 8.20. The summed E-state index contributed by atoms with van der Waals surface area (Å²) in [5.74, 6) is 0.632. The van der Waals surface area contributed by atoms with Crippen molar-refractivity contribution in [3.63, 3.8) is 0 Å². The zero-order valence-corrected chi connectivity index (χ0v) is 12.2. The van der Waals surface area contributed by atoms with Crippen LogP contribution in [0, 0.1) is 15.3 Å². The molecule has 0 heterocycles. The number of hydrogen-bond acceptors (Lipinski definition) is 1. The normalized spacial score (nSPS) is 17.8. The number of nitrogens with one attached hydrogen (secondary N) is 1. The zero-order valence-electron chi connectivity index (χ0n) is 10.0. The average molecular weight is 347 g/mol. The summed E-state index contributed by atoms with van der Waals surface area (Å²) in [5.41, 5.74) is 1.07. The molecule has 1 aliphatic rings. The fourth-order valence-corrected chi connectivity index (χ4v) is 3.12. The topological polar surface area (TPSA) is 12.0 Å². The molecular weight excluding hydrogens is 328 g/mol. The minimum Gasteiger partial charge on any atom is -0.384 e. The molecule has 0 bridgehead atoms. The van der Waals surface area contributed by atoms with Crippen LogP contribution in [0.2, 0.25) is 0 Å². The van der Waals surface area contributed by atoms with Gasteiger partial charge in [0.25, 0.3) is 0 Å². The second-order valence-electron chi connectivity index (χ2n) is 4.86. The molecule has 94 valence electrons. The average Bonchev–Trinajstić information content (AvgIpc) is 2.56. The Labute approximate surface area is 116 Å². The van der Waals surface area contributed by atoms with Crippen LogP contribution in [0.5, 0.6) is 0 Å². The third-order valence-corrected chi connectivity index (χ3v) is 4.38. The molecular formula is C14H19FIN. The molecule has 0 aliphatic heterocycles. The van der Waals surface area contributed by atoms with Crippen molar-refractivity contribution in [3.05, 3.63) is 27.6 Å². The first-order valence-electron chi connectivity index (χ1n) is 6.44. The molecule has 0 spiro atoms. The molecule has 0 radical (unpaired) electrons. The molecule has 1 saturated carbocycles. The van der Waals surface area contributed by atoms with Gasteiger partial charge in [-0.05, 0) is 59.5 Å². The fraction of sp³-hybridized carbons (Fsp3) is 0.571. The number of anilines is 1. The molecule has 0 saturated heterocycles. The molecule has 2 rings (SSSR count). The summed E-state index contributed by atoms with van der Waals surface area (Å²) >= 11 is 2.19. The van der Waals surface area contributed by atoms with Crippen molar-refractivity contribution in [2.75, 3.05) is 11.9 Å². The van der Waals surface area contributed by atoms with Crippen molar-refractivity contribution >= 4 is 28.3 Å². The summed E-state index contributed by atoms with van der Waals surface area (Å²) in [6, 6.07) is 4.95. The highest BCUT2D eigenvalue weighted by Crippen LogP contribution is 2.24. The fourth-order valence-electron chi connectivity index (χ4n) is 2.46. The van der Waals surface area contributed by atoms with E-state index < -0.39 is 0 Å². The number of benzene rings is 1. The molecule has 1 aromatic rings. The number of rotatable bonds is 3. The van der Waals surface area contributed by atoms with Gasteiger partial charge >= 0.3 is 0 Å². The predicted molar refractivity (Wildman–Crippen MR) is 78.8 cm³/mol. The highest BCUT2D eigenvalue weighted by atomic mass is 127. The van der Waals surface area contributed by atoms with E-state index in [2.05, 4.69) is 27.9 Å². The summed E-state index contributed by atoms with van der Waals surface area (Å²) in [6.45, 7) is 1.03. The molecule has 1 aromatic carbocycles. The SMILES string of the molecule is Fc1ccc(NCC2CCCCCC2)c(I)c1. The minimum absolute atomic E-state index is 0.158. The molecule has 3 heteroatoms. The first-order chi connectivity index (χ1) is 8.25. The monoisotopic (exact) mass is 347 g/mol. The maximum atomic E-state index is 13.0. The molecule has 17 heavy (non-hydrogen) atoms. The lowest BCUT2D eigenvalue weighted by Crippen LogP contribution is -2.14. The van der Waals surface area contributed by atoms with Gasteiger partial charge in [-0.1, -0.05) is 25.7 Å². The molecule has 0 amide bonds. The summed E-state index contributed by atoms with van der Waals surface area (Å²) in [5, 5.41) is 3.46. The first kappa shape index (κ1) is 13.1. The van der Waals surface area contributed by atoms with Crippen molar-refractivity contribution in [2.24, 2.45) is 5.92 Å². The van der Waals surface area contributed by atoms with Crippen molar-refractivity contribution < 1.29 is 4.39 Å². The van der Waals surface area contributed by atoms with E-state index in [1.807, 2.05) is 6.07 Å². The van der Waals surface area contributed by atoms with Gasteiger partial charge in [0.1, 0.15) is 5.82 Å². The van der Waals surface area contributed by atoms with Gasteiger partial charge < -0.3 is 5.32 Å². The lowest BCUT2D eigenvalue weighted by Gasteiger charge is -2.16. The Hall–Kier alpha value is -0.320.